The fraction of sp³-hybridized carbons (Fsp3) is 0.417. The van der Waals surface area contributed by atoms with Crippen LogP contribution in [0, 0.1) is 0 Å². The molecule has 0 aliphatic carbocycles. The molecule has 0 fully saturated rings. The molecule has 1 aromatic rings. The summed E-state index contributed by atoms with van der Waals surface area (Å²) in [5.41, 5.74) is -0.735. The first-order chi connectivity index (χ1) is 7.85. The van der Waals surface area contributed by atoms with Crippen LogP contribution >= 0.6 is 15.9 Å². The zero-order valence-corrected chi connectivity index (χ0v) is 11.4. The third-order valence-electron chi connectivity index (χ3n) is 2.60. The normalized spacial score (nSPS) is 14.1. The highest BCUT2D eigenvalue weighted by Gasteiger charge is 2.19. The highest BCUT2D eigenvalue weighted by Crippen LogP contribution is 2.22. The molecule has 1 unspecified atom stereocenters. The minimum Gasteiger partial charge on any atom is -0.507 e. The van der Waals surface area contributed by atoms with Gasteiger partial charge in [-0.15, -0.1) is 0 Å². The quantitative estimate of drug-likeness (QED) is 0.797. The zero-order valence-electron chi connectivity index (χ0n) is 9.83. The second kappa shape index (κ2) is 5.51. The fourth-order valence-electron chi connectivity index (χ4n) is 1.19. The van der Waals surface area contributed by atoms with Gasteiger partial charge in [0, 0.05) is 11.0 Å². The molecule has 94 valence electrons. The standard InChI is InChI=1S/C12H16BrNO3/c1-3-12(2,17)7-14-11(16)9-5-4-8(13)6-10(9)15/h4-6,15,17H,3,7H2,1-2H3,(H,14,16). The lowest BCUT2D eigenvalue weighted by atomic mass is 10.0. The molecule has 1 atom stereocenters. The fourth-order valence-corrected chi connectivity index (χ4v) is 1.54. The van der Waals surface area contributed by atoms with E-state index in [0.717, 1.165) is 0 Å². The summed E-state index contributed by atoms with van der Waals surface area (Å²) in [5.74, 6) is -0.489. The van der Waals surface area contributed by atoms with Crippen molar-refractivity contribution in [2.45, 2.75) is 25.9 Å². The van der Waals surface area contributed by atoms with Gasteiger partial charge in [0.1, 0.15) is 5.75 Å². The van der Waals surface area contributed by atoms with E-state index in [4.69, 9.17) is 0 Å². The van der Waals surface area contributed by atoms with Gasteiger partial charge in [-0.25, -0.2) is 0 Å². The Balaban J connectivity index is 2.71. The third kappa shape index (κ3) is 4.02. The summed E-state index contributed by atoms with van der Waals surface area (Å²) < 4.78 is 0.701. The maximum Gasteiger partial charge on any atom is 0.255 e. The first kappa shape index (κ1) is 14.0. The number of carbonyl (C=O) groups excluding carboxylic acids is 1. The van der Waals surface area contributed by atoms with E-state index in [2.05, 4.69) is 21.2 Å². The van der Waals surface area contributed by atoms with Gasteiger partial charge in [0.15, 0.2) is 0 Å². The van der Waals surface area contributed by atoms with Gasteiger partial charge >= 0.3 is 0 Å². The molecule has 0 aromatic heterocycles. The second-order valence-corrected chi connectivity index (χ2v) is 5.11. The molecule has 0 radical (unpaired) electrons. The highest BCUT2D eigenvalue weighted by atomic mass is 79.9. The lowest BCUT2D eigenvalue weighted by Crippen LogP contribution is -2.40. The highest BCUT2D eigenvalue weighted by molar-refractivity contribution is 9.10. The number of hydrogen-bond acceptors (Lipinski definition) is 3. The number of nitrogens with one attached hydrogen (secondary N) is 1. The summed E-state index contributed by atoms with van der Waals surface area (Å²) in [6, 6.07) is 4.65. The predicted octanol–water partition coefficient (Wildman–Crippen LogP) is 2.05. The van der Waals surface area contributed by atoms with E-state index >= 15 is 0 Å². The van der Waals surface area contributed by atoms with Gasteiger partial charge < -0.3 is 15.5 Å². The Labute approximate surface area is 109 Å². The average Bonchev–Trinajstić information content (AvgIpc) is 2.26. The third-order valence-corrected chi connectivity index (χ3v) is 3.09. The van der Waals surface area contributed by atoms with Gasteiger partial charge in [0.25, 0.3) is 5.91 Å². The van der Waals surface area contributed by atoms with Gasteiger partial charge in [-0.05, 0) is 31.5 Å². The Morgan fingerprint density at radius 3 is 2.71 bits per heavy atom. The van der Waals surface area contributed by atoms with Crippen molar-refractivity contribution < 1.29 is 15.0 Å². The topological polar surface area (TPSA) is 69.6 Å². The lowest BCUT2D eigenvalue weighted by molar-refractivity contribution is 0.0517. The summed E-state index contributed by atoms with van der Waals surface area (Å²) in [7, 11) is 0. The molecule has 0 saturated carbocycles. The van der Waals surface area contributed by atoms with Gasteiger partial charge in [0.05, 0.1) is 11.2 Å². The molecular formula is C12H16BrNO3. The van der Waals surface area contributed by atoms with Crippen molar-refractivity contribution in [2.24, 2.45) is 0 Å². The van der Waals surface area contributed by atoms with Gasteiger partial charge in [-0.3, -0.25) is 4.79 Å². The summed E-state index contributed by atoms with van der Waals surface area (Å²) in [5, 5.41) is 21.9. The second-order valence-electron chi connectivity index (χ2n) is 4.19. The molecule has 5 heteroatoms. The summed E-state index contributed by atoms with van der Waals surface area (Å²) in [4.78, 5) is 11.7. The van der Waals surface area contributed by atoms with E-state index in [9.17, 15) is 15.0 Å². The average molecular weight is 302 g/mol. The smallest absolute Gasteiger partial charge is 0.255 e. The van der Waals surface area contributed by atoms with E-state index < -0.39 is 11.5 Å². The number of rotatable bonds is 4. The number of benzene rings is 1. The number of carbonyl (C=O) groups is 1. The zero-order chi connectivity index (χ0) is 13.1. The van der Waals surface area contributed by atoms with Gasteiger partial charge in [0.2, 0.25) is 0 Å². The number of aliphatic hydroxyl groups is 1. The molecule has 0 saturated heterocycles. The van der Waals surface area contributed by atoms with Crippen molar-refractivity contribution in [1.29, 1.82) is 0 Å². The Morgan fingerprint density at radius 2 is 2.18 bits per heavy atom. The van der Waals surface area contributed by atoms with Crippen LogP contribution in [-0.4, -0.2) is 28.3 Å². The van der Waals surface area contributed by atoms with E-state index in [1.54, 1.807) is 13.0 Å². The lowest BCUT2D eigenvalue weighted by Gasteiger charge is -2.21. The first-order valence-electron chi connectivity index (χ1n) is 5.35. The van der Waals surface area contributed by atoms with Crippen LogP contribution in [-0.2, 0) is 0 Å². The Morgan fingerprint density at radius 1 is 1.53 bits per heavy atom. The van der Waals surface area contributed by atoms with Crippen molar-refractivity contribution in [1.82, 2.24) is 5.32 Å². The molecule has 0 spiro atoms. The van der Waals surface area contributed by atoms with E-state index in [1.807, 2.05) is 6.92 Å². The molecule has 0 heterocycles. The van der Waals surface area contributed by atoms with Crippen LogP contribution in [0.3, 0.4) is 0 Å². The first-order valence-corrected chi connectivity index (χ1v) is 6.14. The SMILES string of the molecule is CCC(C)(O)CNC(=O)c1ccc(Br)cc1O. The minimum absolute atomic E-state index is 0.0898. The van der Waals surface area contributed by atoms with Crippen LogP contribution in [0.4, 0.5) is 0 Å². The van der Waals surface area contributed by atoms with Crippen LogP contribution < -0.4 is 5.32 Å². The number of halogens is 1. The summed E-state index contributed by atoms with van der Waals surface area (Å²) in [6.07, 6.45) is 0.541. The van der Waals surface area contributed by atoms with Crippen molar-refractivity contribution in [3.63, 3.8) is 0 Å². The van der Waals surface area contributed by atoms with Crippen LogP contribution in [0.1, 0.15) is 30.6 Å². The Kier molecular flexibility index (Phi) is 4.54. The molecule has 0 aliphatic rings. The number of amides is 1. The van der Waals surface area contributed by atoms with Crippen molar-refractivity contribution in [3.05, 3.63) is 28.2 Å². The number of hydrogen-bond donors (Lipinski definition) is 3. The Bertz CT molecular complexity index is 418. The Hall–Kier alpha value is -1.07. The molecule has 3 N–H and O–H groups in total. The van der Waals surface area contributed by atoms with E-state index in [0.29, 0.717) is 10.9 Å². The van der Waals surface area contributed by atoms with Crippen molar-refractivity contribution in [3.8, 4) is 5.75 Å². The number of phenolic OH excluding ortho intramolecular Hbond substituents is 1. The molecule has 1 amide bonds. The van der Waals surface area contributed by atoms with Crippen molar-refractivity contribution in [2.75, 3.05) is 6.54 Å². The maximum absolute atomic E-state index is 11.7. The van der Waals surface area contributed by atoms with E-state index in [-0.39, 0.29) is 17.9 Å². The molecule has 0 aliphatic heterocycles. The molecule has 17 heavy (non-hydrogen) atoms. The van der Waals surface area contributed by atoms with Crippen LogP contribution in [0.2, 0.25) is 0 Å². The van der Waals surface area contributed by atoms with Gasteiger partial charge in [-0.2, -0.15) is 0 Å². The van der Waals surface area contributed by atoms with Gasteiger partial charge in [-0.1, -0.05) is 22.9 Å². The molecule has 4 nitrogen and oxygen atoms in total. The predicted molar refractivity (Wildman–Crippen MR) is 69.1 cm³/mol. The van der Waals surface area contributed by atoms with Crippen molar-refractivity contribution >= 4 is 21.8 Å². The van der Waals surface area contributed by atoms with Crippen LogP contribution in [0.15, 0.2) is 22.7 Å². The monoisotopic (exact) mass is 301 g/mol. The summed E-state index contributed by atoms with van der Waals surface area (Å²) in [6.45, 7) is 3.63. The molecule has 1 aromatic carbocycles. The van der Waals surface area contributed by atoms with Crippen LogP contribution in [0.25, 0.3) is 0 Å². The summed E-state index contributed by atoms with van der Waals surface area (Å²) >= 11 is 3.20. The molecule has 0 bridgehead atoms. The molecule has 1 rings (SSSR count). The number of aromatic hydroxyl groups is 1. The number of phenols is 1. The maximum atomic E-state index is 11.7. The largest absolute Gasteiger partial charge is 0.507 e. The van der Waals surface area contributed by atoms with Crippen LogP contribution in [0.5, 0.6) is 5.75 Å². The molecular weight excluding hydrogens is 286 g/mol. The minimum atomic E-state index is -0.930. The van der Waals surface area contributed by atoms with E-state index in [1.165, 1.54) is 12.1 Å².